The van der Waals surface area contributed by atoms with Gasteiger partial charge in [0.25, 0.3) is 0 Å². The lowest BCUT2D eigenvalue weighted by Gasteiger charge is -2.18. The summed E-state index contributed by atoms with van der Waals surface area (Å²) in [5.41, 5.74) is -0.479. The van der Waals surface area contributed by atoms with E-state index in [1.807, 2.05) is 0 Å². The zero-order valence-electron chi connectivity index (χ0n) is 12.5. The van der Waals surface area contributed by atoms with Crippen LogP contribution in [0.4, 0.5) is 0 Å². The number of carbonyl (C=O) groups excluding carboxylic acids is 2. The normalized spacial score (nSPS) is 10.7. The van der Waals surface area contributed by atoms with Crippen molar-refractivity contribution in [1.82, 2.24) is 4.57 Å². The van der Waals surface area contributed by atoms with Crippen molar-refractivity contribution >= 4 is 11.8 Å². The molecule has 0 saturated heterocycles. The maximum Gasteiger partial charge on any atom is 0.355 e. The SMILES string of the molecule is CCOC(=O)c1cc(=O)c(C(C)=O)cn1CC(OC)OC. The van der Waals surface area contributed by atoms with E-state index in [0.29, 0.717) is 0 Å². The maximum atomic E-state index is 11.9. The predicted molar refractivity (Wildman–Crippen MR) is 74.5 cm³/mol. The molecule has 1 rings (SSSR count). The topological polar surface area (TPSA) is 83.8 Å². The highest BCUT2D eigenvalue weighted by Gasteiger charge is 2.19. The monoisotopic (exact) mass is 297 g/mol. The third kappa shape index (κ3) is 4.24. The molecule has 0 aliphatic heterocycles. The Morgan fingerprint density at radius 1 is 1.29 bits per heavy atom. The fourth-order valence-electron chi connectivity index (χ4n) is 1.78. The molecule has 7 heteroatoms. The van der Waals surface area contributed by atoms with Crippen molar-refractivity contribution in [2.24, 2.45) is 0 Å². The smallest absolute Gasteiger partial charge is 0.355 e. The maximum absolute atomic E-state index is 11.9. The molecule has 1 aromatic heterocycles. The van der Waals surface area contributed by atoms with Crippen molar-refractivity contribution in [2.75, 3.05) is 20.8 Å². The summed E-state index contributed by atoms with van der Waals surface area (Å²) in [5, 5.41) is 0. The van der Waals surface area contributed by atoms with Gasteiger partial charge in [0.1, 0.15) is 5.69 Å². The van der Waals surface area contributed by atoms with E-state index in [-0.39, 0.29) is 30.2 Å². The second-order valence-electron chi connectivity index (χ2n) is 4.27. The highest BCUT2D eigenvalue weighted by Crippen LogP contribution is 2.07. The lowest BCUT2D eigenvalue weighted by atomic mass is 10.1. The first-order chi connectivity index (χ1) is 9.94. The van der Waals surface area contributed by atoms with Crippen molar-refractivity contribution in [2.45, 2.75) is 26.7 Å². The number of aromatic nitrogens is 1. The van der Waals surface area contributed by atoms with Crippen LogP contribution >= 0.6 is 0 Å². The molecule has 21 heavy (non-hydrogen) atoms. The number of rotatable bonds is 7. The minimum absolute atomic E-state index is 0.00555. The van der Waals surface area contributed by atoms with E-state index in [1.54, 1.807) is 6.92 Å². The van der Waals surface area contributed by atoms with Crippen molar-refractivity contribution < 1.29 is 23.8 Å². The van der Waals surface area contributed by atoms with Gasteiger partial charge in [-0.15, -0.1) is 0 Å². The van der Waals surface area contributed by atoms with E-state index in [1.165, 1.54) is 31.9 Å². The van der Waals surface area contributed by atoms with Crippen LogP contribution < -0.4 is 5.43 Å². The second kappa shape index (κ2) is 7.70. The molecular formula is C14H19NO6. The van der Waals surface area contributed by atoms with Crippen molar-refractivity contribution in [3.63, 3.8) is 0 Å². The third-order valence-electron chi connectivity index (χ3n) is 2.86. The van der Waals surface area contributed by atoms with E-state index in [9.17, 15) is 14.4 Å². The molecule has 1 aromatic rings. The number of ketones is 1. The zero-order chi connectivity index (χ0) is 16.0. The van der Waals surface area contributed by atoms with E-state index in [0.717, 1.165) is 6.07 Å². The molecule has 0 unspecified atom stereocenters. The standard InChI is InChI=1S/C14H19NO6/c1-5-21-14(18)11-6-12(17)10(9(2)16)7-15(11)8-13(19-3)20-4/h6-7,13H,5,8H2,1-4H3. The first-order valence-electron chi connectivity index (χ1n) is 6.42. The summed E-state index contributed by atoms with van der Waals surface area (Å²) in [4.78, 5) is 35.2. The minimum Gasteiger partial charge on any atom is -0.461 e. The largest absolute Gasteiger partial charge is 0.461 e. The summed E-state index contributed by atoms with van der Waals surface area (Å²) < 4.78 is 16.5. The van der Waals surface area contributed by atoms with Gasteiger partial charge in [0.2, 0.25) is 0 Å². The van der Waals surface area contributed by atoms with Gasteiger partial charge in [-0.2, -0.15) is 0 Å². The van der Waals surface area contributed by atoms with Crippen LogP contribution in [0, 0.1) is 0 Å². The minimum atomic E-state index is -0.643. The van der Waals surface area contributed by atoms with E-state index < -0.39 is 17.7 Å². The number of carbonyl (C=O) groups is 2. The molecule has 0 aliphatic carbocycles. The number of hydrogen-bond donors (Lipinski definition) is 0. The summed E-state index contributed by atoms with van der Waals surface area (Å²) in [6.45, 7) is 3.27. The summed E-state index contributed by atoms with van der Waals surface area (Å²) in [6.07, 6.45) is 0.697. The molecule has 0 aliphatic rings. The van der Waals surface area contributed by atoms with Crippen LogP contribution in [0.15, 0.2) is 17.1 Å². The number of ether oxygens (including phenoxy) is 3. The molecule has 0 N–H and O–H groups in total. The van der Waals surface area contributed by atoms with Crippen LogP contribution in [-0.4, -0.2) is 43.4 Å². The van der Waals surface area contributed by atoms with Gasteiger partial charge < -0.3 is 18.8 Å². The molecule has 0 amide bonds. The molecular weight excluding hydrogens is 278 g/mol. The molecule has 0 fully saturated rings. The number of methoxy groups -OCH3 is 2. The number of pyridine rings is 1. The Morgan fingerprint density at radius 2 is 1.90 bits per heavy atom. The van der Waals surface area contributed by atoms with Gasteiger partial charge in [-0.3, -0.25) is 9.59 Å². The molecule has 0 saturated carbocycles. The molecule has 0 spiro atoms. The first kappa shape index (κ1) is 17.1. The van der Waals surface area contributed by atoms with Crippen LogP contribution in [0.2, 0.25) is 0 Å². The summed E-state index contributed by atoms with van der Waals surface area (Å²) in [5.74, 6) is -1.02. The van der Waals surface area contributed by atoms with Crippen molar-refractivity contribution in [3.8, 4) is 0 Å². The quantitative estimate of drug-likeness (QED) is 0.421. The van der Waals surface area contributed by atoms with Gasteiger partial charge in [-0.05, 0) is 13.8 Å². The van der Waals surface area contributed by atoms with Crippen LogP contribution in [0.1, 0.15) is 34.7 Å². The summed E-state index contributed by atoms with van der Waals surface area (Å²) in [7, 11) is 2.90. The molecule has 0 bridgehead atoms. The molecule has 7 nitrogen and oxygen atoms in total. The average Bonchev–Trinajstić information content (AvgIpc) is 2.45. The number of hydrogen-bond acceptors (Lipinski definition) is 6. The van der Waals surface area contributed by atoms with Gasteiger partial charge in [0, 0.05) is 26.5 Å². The van der Waals surface area contributed by atoms with Gasteiger partial charge in [0.15, 0.2) is 17.5 Å². The van der Waals surface area contributed by atoms with Crippen LogP contribution in [0.5, 0.6) is 0 Å². The van der Waals surface area contributed by atoms with Gasteiger partial charge in [-0.1, -0.05) is 0 Å². The van der Waals surface area contributed by atoms with Crippen molar-refractivity contribution in [1.29, 1.82) is 0 Å². The third-order valence-corrected chi connectivity index (χ3v) is 2.86. The Kier molecular flexibility index (Phi) is 6.26. The lowest BCUT2D eigenvalue weighted by molar-refractivity contribution is -0.111. The van der Waals surface area contributed by atoms with E-state index >= 15 is 0 Å². The van der Waals surface area contributed by atoms with E-state index in [2.05, 4.69) is 0 Å². The van der Waals surface area contributed by atoms with Gasteiger partial charge in [0.05, 0.1) is 18.7 Å². The number of Topliss-reactive ketones (excluding diaryl/α,β-unsaturated/α-hetero) is 1. The Hall–Kier alpha value is -1.99. The Balaban J connectivity index is 3.33. The predicted octanol–water partition coefficient (Wildman–Crippen LogP) is 0.847. The molecule has 1 heterocycles. The first-order valence-corrected chi connectivity index (χ1v) is 6.42. The summed E-state index contributed by atoms with van der Waals surface area (Å²) in [6, 6.07) is 1.09. The van der Waals surface area contributed by atoms with Gasteiger partial charge in [-0.25, -0.2) is 4.79 Å². The fraction of sp³-hybridized carbons (Fsp3) is 0.500. The number of nitrogens with zero attached hydrogens (tertiary/aromatic N) is 1. The molecule has 0 atom stereocenters. The highest BCUT2D eigenvalue weighted by molar-refractivity contribution is 5.95. The van der Waals surface area contributed by atoms with Crippen LogP contribution in [0.3, 0.4) is 0 Å². The number of esters is 1. The molecule has 116 valence electrons. The summed E-state index contributed by atoms with van der Waals surface area (Å²) >= 11 is 0. The Morgan fingerprint density at radius 3 is 2.38 bits per heavy atom. The van der Waals surface area contributed by atoms with Crippen molar-refractivity contribution in [3.05, 3.63) is 33.7 Å². The highest BCUT2D eigenvalue weighted by atomic mass is 16.7. The van der Waals surface area contributed by atoms with Gasteiger partial charge >= 0.3 is 5.97 Å². The Bertz CT molecular complexity index is 573. The molecule has 0 aromatic carbocycles. The molecule has 0 radical (unpaired) electrons. The van der Waals surface area contributed by atoms with E-state index in [4.69, 9.17) is 14.2 Å². The second-order valence-corrected chi connectivity index (χ2v) is 4.27. The van der Waals surface area contributed by atoms with Crippen LogP contribution in [0.25, 0.3) is 0 Å². The zero-order valence-corrected chi connectivity index (χ0v) is 12.5. The fourth-order valence-corrected chi connectivity index (χ4v) is 1.78. The average molecular weight is 297 g/mol. The Labute approximate surface area is 122 Å². The lowest BCUT2D eigenvalue weighted by Crippen LogP contribution is -2.28. The van der Waals surface area contributed by atoms with Crippen LogP contribution in [-0.2, 0) is 20.8 Å².